The van der Waals surface area contributed by atoms with Crippen molar-refractivity contribution < 1.29 is 9.32 Å². The smallest absolute Gasteiger partial charge is 0.269 e. The lowest BCUT2D eigenvalue weighted by molar-refractivity contribution is 0.0892. The van der Waals surface area contributed by atoms with Crippen molar-refractivity contribution in [3.63, 3.8) is 0 Å². The van der Waals surface area contributed by atoms with Crippen molar-refractivity contribution >= 4 is 52.0 Å². The maximum atomic E-state index is 13.5. The normalized spacial score (nSPS) is 15.0. The summed E-state index contributed by atoms with van der Waals surface area (Å²) in [5, 5.41) is 8.32. The van der Waals surface area contributed by atoms with Crippen LogP contribution in [0.3, 0.4) is 0 Å². The van der Waals surface area contributed by atoms with E-state index in [-0.39, 0.29) is 18.5 Å². The maximum Gasteiger partial charge on any atom is 0.269 e. The molecule has 0 spiro atoms. The predicted octanol–water partition coefficient (Wildman–Crippen LogP) is 6.88. The first kappa shape index (κ1) is 26.3. The molecule has 4 heterocycles. The van der Waals surface area contributed by atoms with Crippen LogP contribution in [0.5, 0.6) is 0 Å². The molecule has 0 aliphatic carbocycles. The summed E-state index contributed by atoms with van der Waals surface area (Å²) in [7, 11) is 0. The first-order chi connectivity index (χ1) is 17.8. The molecule has 37 heavy (non-hydrogen) atoms. The van der Waals surface area contributed by atoms with Crippen LogP contribution in [-0.4, -0.2) is 50.7 Å². The number of amides is 1. The number of carbonyl (C=O) groups excluding carboxylic acids is 1. The largest absolute Gasteiger partial charge is 0.355 e. The minimum absolute atomic E-state index is 0.0976. The molecule has 0 saturated carbocycles. The first-order valence-electron chi connectivity index (χ1n) is 12.1. The summed E-state index contributed by atoms with van der Waals surface area (Å²) in [5.74, 6) is 0.894. The van der Waals surface area contributed by atoms with E-state index in [4.69, 9.17) is 39.3 Å². The van der Waals surface area contributed by atoms with Gasteiger partial charge in [0.1, 0.15) is 17.2 Å². The molecule has 194 valence electrons. The highest BCUT2D eigenvalue weighted by Gasteiger charge is 2.26. The van der Waals surface area contributed by atoms with Gasteiger partial charge >= 0.3 is 0 Å². The molecule has 0 bridgehead atoms. The van der Waals surface area contributed by atoms with Crippen LogP contribution in [0.2, 0.25) is 14.4 Å². The number of hydrogen-bond acceptors (Lipinski definition) is 6. The lowest BCUT2D eigenvalue weighted by Crippen LogP contribution is -2.46. The number of nitrogens with zero attached hydrogens (tertiary/aromatic N) is 4. The van der Waals surface area contributed by atoms with Crippen LogP contribution in [0.15, 0.2) is 47.1 Å². The molecule has 7 nitrogen and oxygen atoms in total. The third kappa shape index (κ3) is 5.73. The van der Waals surface area contributed by atoms with E-state index in [1.165, 1.54) is 11.3 Å². The molecule has 0 radical (unpaired) electrons. The fourth-order valence-corrected chi connectivity index (χ4v) is 6.12. The fourth-order valence-electron chi connectivity index (χ4n) is 4.56. The van der Waals surface area contributed by atoms with Crippen molar-refractivity contribution in [3.05, 3.63) is 68.4 Å². The Morgan fingerprint density at radius 3 is 2.54 bits per heavy atom. The summed E-state index contributed by atoms with van der Waals surface area (Å²) >= 11 is 20.5. The number of thiophene rings is 1. The van der Waals surface area contributed by atoms with Crippen molar-refractivity contribution in [1.82, 2.24) is 24.9 Å². The van der Waals surface area contributed by atoms with Gasteiger partial charge in [-0.25, -0.2) is 4.98 Å². The second-order valence-electron chi connectivity index (χ2n) is 9.31. The summed E-state index contributed by atoms with van der Waals surface area (Å²) in [6, 6.07) is 11.4. The van der Waals surface area contributed by atoms with Crippen LogP contribution in [0.25, 0.3) is 22.0 Å². The Balaban J connectivity index is 1.45. The number of imidazole rings is 1. The summed E-state index contributed by atoms with van der Waals surface area (Å²) < 4.78 is 8.02. The number of carbonyl (C=O) groups is 1. The molecule has 0 atom stereocenters. The number of benzene rings is 1. The van der Waals surface area contributed by atoms with E-state index >= 15 is 0 Å². The Hall–Kier alpha value is -2.36. The van der Waals surface area contributed by atoms with Crippen molar-refractivity contribution in [2.45, 2.75) is 45.3 Å². The van der Waals surface area contributed by atoms with Crippen molar-refractivity contribution in [3.8, 4) is 22.0 Å². The van der Waals surface area contributed by atoms with Crippen LogP contribution in [0.4, 0.5) is 0 Å². The lowest BCUT2D eigenvalue weighted by Gasteiger charge is -2.34. The summed E-state index contributed by atoms with van der Waals surface area (Å²) in [5.41, 5.74) is 1.59. The van der Waals surface area contributed by atoms with Crippen molar-refractivity contribution in [2.24, 2.45) is 0 Å². The van der Waals surface area contributed by atoms with Gasteiger partial charge < -0.3 is 19.3 Å². The molecule has 1 saturated heterocycles. The Labute approximate surface area is 234 Å². The van der Waals surface area contributed by atoms with E-state index in [2.05, 4.69) is 34.2 Å². The minimum Gasteiger partial charge on any atom is -0.355 e. The van der Waals surface area contributed by atoms with Crippen molar-refractivity contribution in [1.29, 1.82) is 0 Å². The highest BCUT2D eigenvalue weighted by Crippen LogP contribution is 2.35. The number of hydrogen-bond donors (Lipinski definition) is 1. The molecule has 1 amide bonds. The number of aromatic nitrogens is 3. The summed E-state index contributed by atoms with van der Waals surface area (Å²) in [6.45, 7) is 6.55. The van der Waals surface area contributed by atoms with E-state index < -0.39 is 0 Å². The summed E-state index contributed by atoms with van der Waals surface area (Å²) in [4.78, 5) is 21.3. The third-order valence-electron chi connectivity index (χ3n) is 6.56. The standard InChI is InChI=1S/C26H26Cl3N5O2S/c1-15(2)33-10-8-16(9-11-33)31-26(35)20-13-30-25(24-18(27)4-3-5-19(24)28)34(20)14-17-12-21(36-32-17)22-6-7-23(29)37-22/h3-7,12-13,15-16H,8-11,14H2,1-2H3,(H,31,35). The Morgan fingerprint density at radius 2 is 1.89 bits per heavy atom. The van der Waals surface area contributed by atoms with Gasteiger partial charge in [0.25, 0.3) is 5.91 Å². The minimum atomic E-state index is -0.196. The quantitative estimate of drug-likeness (QED) is 0.259. The molecule has 1 aliphatic rings. The van der Waals surface area contributed by atoms with Crippen LogP contribution in [-0.2, 0) is 6.54 Å². The monoisotopic (exact) mass is 577 g/mol. The van der Waals surface area contributed by atoms with Gasteiger partial charge in [0.15, 0.2) is 5.76 Å². The molecule has 1 fully saturated rings. The Bertz CT molecular complexity index is 1380. The molecule has 4 aromatic rings. The van der Waals surface area contributed by atoms with E-state index in [1.807, 2.05) is 18.2 Å². The van der Waals surface area contributed by atoms with Gasteiger partial charge in [-0.3, -0.25) is 4.79 Å². The number of rotatable bonds is 7. The third-order valence-corrected chi connectivity index (χ3v) is 8.44. The zero-order valence-electron chi connectivity index (χ0n) is 20.4. The molecule has 0 unspecified atom stereocenters. The van der Waals surface area contributed by atoms with E-state index in [9.17, 15) is 4.79 Å². The Kier molecular flexibility index (Phi) is 7.93. The van der Waals surface area contributed by atoms with Crippen LogP contribution >= 0.6 is 46.1 Å². The molecule has 1 aliphatic heterocycles. The van der Waals surface area contributed by atoms with Gasteiger partial charge in [-0.15, -0.1) is 11.3 Å². The zero-order valence-corrected chi connectivity index (χ0v) is 23.5. The Morgan fingerprint density at radius 1 is 1.16 bits per heavy atom. The molecule has 3 aromatic heterocycles. The van der Waals surface area contributed by atoms with Gasteiger partial charge in [0.2, 0.25) is 0 Å². The predicted molar refractivity (Wildman–Crippen MR) is 149 cm³/mol. The summed E-state index contributed by atoms with van der Waals surface area (Å²) in [6.07, 6.45) is 3.36. The van der Waals surface area contributed by atoms with Crippen LogP contribution < -0.4 is 5.32 Å². The average molecular weight is 579 g/mol. The number of halogens is 3. The number of nitrogens with one attached hydrogen (secondary N) is 1. The molecule has 5 rings (SSSR count). The number of piperidine rings is 1. The van der Waals surface area contributed by atoms with Crippen LogP contribution in [0, 0.1) is 0 Å². The van der Waals surface area contributed by atoms with Crippen molar-refractivity contribution in [2.75, 3.05) is 13.1 Å². The zero-order chi connectivity index (χ0) is 26.1. The lowest BCUT2D eigenvalue weighted by atomic mass is 10.0. The molecule has 1 N–H and O–H groups in total. The maximum absolute atomic E-state index is 13.5. The number of likely N-dealkylation sites (tertiary alicyclic amines) is 1. The topological polar surface area (TPSA) is 76.2 Å². The van der Waals surface area contributed by atoms with E-state index in [0.29, 0.717) is 49.0 Å². The van der Waals surface area contributed by atoms with Crippen LogP contribution in [0.1, 0.15) is 42.9 Å². The highest BCUT2D eigenvalue weighted by molar-refractivity contribution is 7.19. The van der Waals surface area contributed by atoms with Gasteiger partial charge in [-0.1, -0.05) is 46.0 Å². The van der Waals surface area contributed by atoms with Gasteiger partial charge in [-0.2, -0.15) is 0 Å². The van der Waals surface area contributed by atoms with E-state index in [0.717, 1.165) is 30.8 Å². The van der Waals surface area contributed by atoms with Gasteiger partial charge in [-0.05, 0) is 51.0 Å². The average Bonchev–Trinajstić information content (AvgIpc) is 3.60. The van der Waals surface area contributed by atoms with Gasteiger partial charge in [0, 0.05) is 31.2 Å². The molecular formula is C26H26Cl3N5O2S. The molecule has 1 aromatic carbocycles. The SMILES string of the molecule is CC(C)N1CCC(NC(=O)c2cnc(-c3c(Cl)cccc3Cl)n2Cc2cc(-c3ccc(Cl)s3)on2)CC1. The molecular weight excluding hydrogens is 553 g/mol. The highest BCUT2D eigenvalue weighted by atomic mass is 35.5. The second-order valence-corrected chi connectivity index (χ2v) is 11.8. The van der Waals surface area contributed by atoms with E-state index in [1.54, 1.807) is 29.0 Å². The fraction of sp³-hybridized carbons (Fsp3) is 0.346. The van der Waals surface area contributed by atoms with Gasteiger partial charge in [0.05, 0.1) is 37.6 Å². The second kappa shape index (κ2) is 11.2. The molecule has 11 heteroatoms. The first-order valence-corrected chi connectivity index (χ1v) is 14.0.